The topological polar surface area (TPSA) is 21.3 Å². The van der Waals surface area contributed by atoms with Crippen LogP contribution in [-0.4, -0.2) is 4.57 Å². The molecule has 0 radical (unpaired) electrons. The summed E-state index contributed by atoms with van der Waals surface area (Å²) in [4.78, 5) is 2.47. The minimum atomic E-state index is 0.887. The van der Waals surface area contributed by atoms with Crippen LogP contribution >= 0.6 is 0 Å². The minimum absolute atomic E-state index is 0.887. The molecule has 1 aliphatic carbocycles. The Kier molecular flexibility index (Phi) is 5.77. The number of hydrogen-bond acceptors (Lipinski definition) is 2. The van der Waals surface area contributed by atoms with Gasteiger partial charge in [-0.1, -0.05) is 109 Å². The molecule has 2 heterocycles. The summed E-state index contributed by atoms with van der Waals surface area (Å²) in [6.07, 6.45) is 0. The zero-order valence-electron chi connectivity index (χ0n) is 28.6. The molecule has 0 N–H and O–H groups in total. The molecule has 0 aliphatic heterocycles. The molecule has 0 fully saturated rings. The second-order valence-corrected chi connectivity index (χ2v) is 14.1. The highest BCUT2D eigenvalue weighted by Crippen LogP contribution is 2.56. The third kappa shape index (κ3) is 3.99. The van der Waals surface area contributed by atoms with Gasteiger partial charge in [-0.05, 0) is 105 Å². The first-order valence-electron chi connectivity index (χ1n) is 18.2. The molecule has 3 heteroatoms. The third-order valence-corrected chi connectivity index (χ3v) is 11.3. The molecule has 0 spiro atoms. The van der Waals surface area contributed by atoms with Crippen molar-refractivity contribution < 1.29 is 4.42 Å². The van der Waals surface area contributed by atoms with E-state index in [2.05, 4.69) is 185 Å². The summed E-state index contributed by atoms with van der Waals surface area (Å²) >= 11 is 0. The predicted molar refractivity (Wildman–Crippen MR) is 222 cm³/mol. The van der Waals surface area contributed by atoms with Crippen molar-refractivity contribution in [3.63, 3.8) is 0 Å². The monoisotopic (exact) mass is 674 g/mol. The van der Waals surface area contributed by atoms with Crippen LogP contribution in [0, 0.1) is 0 Å². The van der Waals surface area contributed by atoms with Gasteiger partial charge in [-0.15, -0.1) is 0 Å². The first-order chi connectivity index (χ1) is 26.3. The normalized spacial score (nSPS) is 12.2. The van der Waals surface area contributed by atoms with E-state index in [0.717, 1.165) is 44.7 Å². The van der Waals surface area contributed by atoms with Crippen LogP contribution in [0.4, 0.5) is 17.1 Å². The Hall–Kier alpha value is -7.10. The zero-order chi connectivity index (χ0) is 34.6. The Morgan fingerprint density at radius 1 is 0.396 bits per heavy atom. The van der Waals surface area contributed by atoms with Crippen molar-refractivity contribution >= 4 is 82.4 Å². The van der Waals surface area contributed by atoms with Crippen LogP contribution in [0.15, 0.2) is 186 Å². The molecule has 0 saturated heterocycles. The number of para-hydroxylation sites is 3. The number of furan rings is 1. The Bertz CT molecular complexity index is 3290. The molecule has 12 rings (SSSR count). The van der Waals surface area contributed by atoms with Crippen molar-refractivity contribution in [2.75, 3.05) is 4.90 Å². The molecule has 0 atom stereocenters. The molecule has 11 aromatic rings. The lowest BCUT2D eigenvalue weighted by Gasteiger charge is -2.28. The summed E-state index contributed by atoms with van der Waals surface area (Å²) in [7, 11) is 0. The van der Waals surface area contributed by atoms with Gasteiger partial charge in [0.2, 0.25) is 0 Å². The van der Waals surface area contributed by atoms with Crippen LogP contribution in [-0.2, 0) is 0 Å². The van der Waals surface area contributed by atoms with Crippen LogP contribution in [0.5, 0.6) is 0 Å². The Morgan fingerprint density at radius 3 is 1.96 bits per heavy atom. The van der Waals surface area contributed by atoms with Gasteiger partial charge in [-0.3, -0.25) is 0 Å². The first kappa shape index (κ1) is 28.6. The van der Waals surface area contributed by atoms with E-state index in [4.69, 9.17) is 4.42 Å². The molecule has 9 aromatic carbocycles. The fourth-order valence-corrected chi connectivity index (χ4v) is 9.06. The summed E-state index contributed by atoms with van der Waals surface area (Å²) in [6, 6.07) is 66.1. The molecule has 246 valence electrons. The van der Waals surface area contributed by atoms with Gasteiger partial charge in [0.05, 0.1) is 16.7 Å². The largest absolute Gasteiger partial charge is 0.456 e. The number of hydrogen-bond donors (Lipinski definition) is 0. The summed E-state index contributed by atoms with van der Waals surface area (Å²) in [5, 5.41) is 9.79. The fraction of sp³-hybridized carbons (Fsp3) is 0. The van der Waals surface area contributed by atoms with Gasteiger partial charge in [0.25, 0.3) is 0 Å². The Balaban J connectivity index is 1.18. The van der Waals surface area contributed by atoms with Crippen molar-refractivity contribution in [3.05, 3.63) is 182 Å². The molecule has 2 aromatic heterocycles. The first-order valence-corrected chi connectivity index (χ1v) is 18.2. The SMILES string of the molecule is c1ccc(-n2c3ccccc3c3cc(N(c4ccc5oc6ccccc6c5c4)c4cccc5c4-c4c6ccccc6cc6cccc-5c46)ccc32)cc1. The van der Waals surface area contributed by atoms with E-state index >= 15 is 0 Å². The van der Waals surface area contributed by atoms with E-state index < -0.39 is 0 Å². The van der Waals surface area contributed by atoms with Crippen molar-refractivity contribution in [2.45, 2.75) is 0 Å². The maximum atomic E-state index is 6.33. The number of fused-ring (bicyclic) bond motifs is 11. The van der Waals surface area contributed by atoms with Gasteiger partial charge in [-0.25, -0.2) is 0 Å². The average molecular weight is 675 g/mol. The molecular formula is C50H30N2O. The van der Waals surface area contributed by atoms with Crippen LogP contribution in [0.3, 0.4) is 0 Å². The highest BCUT2D eigenvalue weighted by atomic mass is 16.3. The van der Waals surface area contributed by atoms with Gasteiger partial charge in [0.1, 0.15) is 11.2 Å². The van der Waals surface area contributed by atoms with Crippen molar-refractivity contribution in [2.24, 2.45) is 0 Å². The van der Waals surface area contributed by atoms with Crippen molar-refractivity contribution in [1.29, 1.82) is 0 Å². The van der Waals surface area contributed by atoms with Crippen LogP contribution in [0.2, 0.25) is 0 Å². The molecule has 53 heavy (non-hydrogen) atoms. The van der Waals surface area contributed by atoms with E-state index in [1.54, 1.807) is 0 Å². The standard InChI is InChI=1S/C50H30N2O/c1-2-14-33(15-3-1)52-43-21-8-6-17-37(43)41-29-34(24-26-44(41)52)51(35-25-27-47-42(30-35)38-18-7-9-23-46(38)53-47)45-22-11-20-40-39-19-10-13-32-28-31-12-4-5-16-36(31)50(48(32)39)49(40)45/h1-30H. The Morgan fingerprint density at radius 2 is 1.06 bits per heavy atom. The second-order valence-electron chi connectivity index (χ2n) is 14.1. The lowest BCUT2D eigenvalue weighted by atomic mass is 9.94. The minimum Gasteiger partial charge on any atom is -0.456 e. The number of rotatable bonds is 4. The molecule has 3 nitrogen and oxygen atoms in total. The van der Waals surface area contributed by atoms with E-state index in [0.29, 0.717) is 0 Å². The van der Waals surface area contributed by atoms with E-state index in [1.807, 2.05) is 6.07 Å². The predicted octanol–water partition coefficient (Wildman–Crippen LogP) is 14.1. The van der Waals surface area contributed by atoms with Crippen LogP contribution < -0.4 is 4.90 Å². The summed E-state index contributed by atoms with van der Waals surface area (Å²) in [5.41, 5.74) is 13.8. The smallest absolute Gasteiger partial charge is 0.135 e. The van der Waals surface area contributed by atoms with Crippen molar-refractivity contribution in [1.82, 2.24) is 4.57 Å². The average Bonchev–Trinajstić information content (AvgIpc) is 3.87. The summed E-state index contributed by atoms with van der Waals surface area (Å²) in [5.74, 6) is 0. The van der Waals surface area contributed by atoms with Gasteiger partial charge in [0, 0.05) is 49.7 Å². The Labute approximate surface area is 305 Å². The molecular weight excluding hydrogens is 645 g/mol. The van der Waals surface area contributed by atoms with Crippen LogP contribution in [0.1, 0.15) is 0 Å². The summed E-state index contributed by atoms with van der Waals surface area (Å²) in [6.45, 7) is 0. The molecule has 0 bridgehead atoms. The maximum absolute atomic E-state index is 6.33. The van der Waals surface area contributed by atoms with Crippen LogP contribution in [0.25, 0.3) is 93.2 Å². The van der Waals surface area contributed by atoms with Gasteiger partial charge in [0.15, 0.2) is 0 Å². The molecule has 1 aliphatic rings. The highest BCUT2D eigenvalue weighted by molar-refractivity contribution is 6.26. The molecule has 0 unspecified atom stereocenters. The van der Waals surface area contributed by atoms with Gasteiger partial charge in [-0.2, -0.15) is 0 Å². The maximum Gasteiger partial charge on any atom is 0.135 e. The van der Waals surface area contributed by atoms with E-state index in [9.17, 15) is 0 Å². The lowest BCUT2D eigenvalue weighted by Crippen LogP contribution is -2.11. The van der Waals surface area contributed by atoms with E-state index in [-0.39, 0.29) is 0 Å². The quantitative estimate of drug-likeness (QED) is 0.173. The van der Waals surface area contributed by atoms with Gasteiger partial charge >= 0.3 is 0 Å². The zero-order valence-corrected chi connectivity index (χ0v) is 28.6. The third-order valence-electron chi connectivity index (χ3n) is 11.3. The van der Waals surface area contributed by atoms with E-state index in [1.165, 1.54) is 65.6 Å². The summed E-state index contributed by atoms with van der Waals surface area (Å²) < 4.78 is 8.71. The second kappa shape index (κ2) is 10.7. The van der Waals surface area contributed by atoms with Gasteiger partial charge < -0.3 is 13.9 Å². The molecule has 0 amide bonds. The number of aromatic nitrogens is 1. The number of benzene rings is 9. The lowest BCUT2D eigenvalue weighted by molar-refractivity contribution is 0.669. The molecule has 0 saturated carbocycles. The fourth-order valence-electron chi connectivity index (χ4n) is 9.06. The number of anilines is 3. The van der Waals surface area contributed by atoms with Crippen molar-refractivity contribution in [3.8, 4) is 27.9 Å². The highest BCUT2D eigenvalue weighted by Gasteiger charge is 2.29. The number of nitrogens with zero attached hydrogens (tertiary/aromatic N) is 2.